The highest BCUT2D eigenvalue weighted by molar-refractivity contribution is 7.90. The molecule has 2 aromatic carbocycles. The van der Waals surface area contributed by atoms with Gasteiger partial charge in [-0.1, -0.05) is 35.9 Å². The minimum absolute atomic E-state index is 0.0327. The number of rotatable bonds is 3. The van der Waals surface area contributed by atoms with Gasteiger partial charge in [-0.05, 0) is 53.8 Å². The molecular weight excluding hydrogens is 366 g/mol. The van der Waals surface area contributed by atoms with Crippen LogP contribution in [0.3, 0.4) is 0 Å². The van der Waals surface area contributed by atoms with Gasteiger partial charge < -0.3 is 0 Å². The van der Waals surface area contributed by atoms with Gasteiger partial charge in [0, 0.05) is 16.8 Å². The largest absolute Gasteiger partial charge is 0.224 e. The molecule has 2 nitrogen and oxygen atoms in total. The standard InChI is InChI=1S/C19H15ClF2O2S/c1-11-6-7-12(8-16(11)20)13-4-3-5-14(13)15-9-18(22)19(10-17(15)21)25(2,23)24/h4-10H,3H2,1-2H3. The molecule has 6 heteroatoms. The van der Waals surface area contributed by atoms with Gasteiger partial charge in [0.25, 0.3) is 0 Å². The van der Waals surface area contributed by atoms with E-state index >= 15 is 0 Å². The van der Waals surface area contributed by atoms with E-state index in [1.54, 1.807) is 12.1 Å². The third kappa shape index (κ3) is 3.39. The van der Waals surface area contributed by atoms with E-state index in [0.29, 0.717) is 17.0 Å². The van der Waals surface area contributed by atoms with E-state index in [4.69, 9.17) is 11.6 Å². The number of sulfone groups is 1. The molecule has 0 unspecified atom stereocenters. The predicted octanol–water partition coefficient (Wildman–Crippen LogP) is 5.20. The maximum absolute atomic E-state index is 14.5. The lowest BCUT2D eigenvalue weighted by molar-refractivity contribution is 0.554. The molecule has 0 N–H and O–H groups in total. The third-order valence-electron chi connectivity index (χ3n) is 4.13. The smallest absolute Gasteiger partial charge is 0.178 e. The minimum atomic E-state index is -3.84. The summed E-state index contributed by atoms with van der Waals surface area (Å²) in [4.78, 5) is -0.642. The van der Waals surface area contributed by atoms with Crippen LogP contribution in [0.2, 0.25) is 5.02 Å². The topological polar surface area (TPSA) is 34.1 Å². The van der Waals surface area contributed by atoms with Crippen molar-refractivity contribution in [1.82, 2.24) is 0 Å². The lowest BCUT2D eigenvalue weighted by Gasteiger charge is -2.13. The van der Waals surface area contributed by atoms with Crippen LogP contribution in [-0.4, -0.2) is 14.7 Å². The highest BCUT2D eigenvalue weighted by atomic mass is 35.5. The fourth-order valence-electron chi connectivity index (χ4n) is 2.82. The Morgan fingerprint density at radius 3 is 2.32 bits per heavy atom. The van der Waals surface area contributed by atoms with E-state index in [-0.39, 0.29) is 5.56 Å². The average molecular weight is 381 g/mol. The monoisotopic (exact) mass is 380 g/mol. The predicted molar refractivity (Wildman–Crippen MR) is 96.2 cm³/mol. The number of aryl methyl sites for hydroxylation is 1. The van der Waals surface area contributed by atoms with E-state index in [1.807, 2.05) is 25.1 Å². The van der Waals surface area contributed by atoms with Crippen molar-refractivity contribution in [3.63, 3.8) is 0 Å². The summed E-state index contributed by atoms with van der Waals surface area (Å²) in [5.74, 6) is -1.74. The van der Waals surface area contributed by atoms with Gasteiger partial charge in [-0.2, -0.15) is 0 Å². The second-order valence-electron chi connectivity index (χ2n) is 5.97. The van der Waals surface area contributed by atoms with Gasteiger partial charge in [-0.3, -0.25) is 0 Å². The van der Waals surface area contributed by atoms with Crippen LogP contribution in [0, 0.1) is 18.6 Å². The van der Waals surface area contributed by atoms with Gasteiger partial charge in [-0.15, -0.1) is 0 Å². The zero-order chi connectivity index (χ0) is 18.4. The van der Waals surface area contributed by atoms with Crippen molar-refractivity contribution in [3.8, 4) is 0 Å². The van der Waals surface area contributed by atoms with Gasteiger partial charge in [0.15, 0.2) is 9.84 Å². The molecule has 0 saturated heterocycles. The Labute approximate surface area is 150 Å². The van der Waals surface area contributed by atoms with Crippen LogP contribution in [0.1, 0.15) is 23.1 Å². The Morgan fingerprint density at radius 1 is 1.00 bits per heavy atom. The molecule has 3 rings (SSSR count). The lowest BCUT2D eigenvalue weighted by atomic mass is 9.94. The summed E-state index contributed by atoms with van der Waals surface area (Å²) < 4.78 is 51.8. The van der Waals surface area contributed by atoms with Crippen molar-refractivity contribution in [3.05, 3.63) is 75.8 Å². The quantitative estimate of drug-likeness (QED) is 0.733. The second kappa shape index (κ2) is 6.39. The second-order valence-corrected chi connectivity index (χ2v) is 8.36. The van der Waals surface area contributed by atoms with Crippen LogP contribution >= 0.6 is 11.6 Å². The van der Waals surface area contributed by atoms with Gasteiger partial charge in [0.2, 0.25) is 0 Å². The minimum Gasteiger partial charge on any atom is -0.224 e. The molecule has 130 valence electrons. The Morgan fingerprint density at radius 2 is 1.68 bits per heavy atom. The third-order valence-corrected chi connectivity index (χ3v) is 5.65. The normalized spacial score (nSPS) is 14.4. The first kappa shape index (κ1) is 17.8. The fourth-order valence-corrected chi connectivity index (χ4v) is 3.73. The highest BCUT2D eigenvalue weighted by Gasteiger charge is 2.23. The molecule has 0 atom stereocenters. The number of allylic oxidation sites excluding steroid dienone is 4. The number of halogens is 3. The molecule has 0 fully saturated rings. The van der Waals surface area contributed by atoms with Crippen LogP contribution in [-0.2, 0) is 9.84 Å². The zero-order valence-corrected chi connectivity index (χ0v) is 15.2. The van der Waals surface area contributed by atoms with Crippen molar-refractivity contribution in [1.29, 1.82) is 0 Å². The Kier molecular flexibility index (Phi) is 4.56. The molecule has 0 saturated carbocycles. The molecule has 1 aliphatic carbocycles. The molecule has 0 amide bonds. The van der Waals surface area contributed by atoms with E-state index < -0.39 is 26.4 Å². The first-order valence-corrected chi connectivity index (χ1v) is 9.82. The maximum atomic E-state index is 14.5. The van der Waals surface area contributed by atoms with Crippen LogP contribution < -0.4 is 0 Å². The molecule has 2 aromatic rings. The highest BCUT2D eigenvalue weighted by Crippen LogP contribution is 2.39. The summed E-state index contributed by atoms with van der Waals surface area (Å²) in [7, 11) is -3.84. The number of hydrogen-bond acceptors (Lipinski definition) is 2. The van der Waals surface area contributed by atoms with E-state index in [9.17, 15) is 17.2 Å². The summed E-state index contributed by atoms with van der Waals surface area (Å²) in [6.45, 7) is 1.88. The molecule has 1 aliphatic rings. The SMILES string of the molecule is Cc1ccc(C2=CCC=C2c2cc(F)c(S(C)(=O)=O)cc2F)cc1Cl. The van der Waals surface area contributed by atoms with Crippen molar-refractivity contribution >= 4 is 32.6 Å². The molecule has 0 heterocycles. The Hall–Kier alpha value is -1.98. The van der Waals surface area contributed by atoms with Gasteiger partial charge in [0.1, 0.15) is 16.5 Å². The molecular formula is C19H15ClF2O2S. The first-order chi connectivity index (χ1) is 11.7. The van der Waals surface area contributed by atoms with Gasteiger partial charge in [0.05, 0.1) is 0 Å². The number of benzene rings is 2. The van der Waals surface area contributed by atoms with Crippen LogP contribution in [0.25, 0.3) is 11.1 Å². The van der Waals surface area contributed by atoms with Crippen LogP contribution in [0.4, 0.5) is 8.78 Å². The lowest BCUT2D eigenvalue weighted by Crippen LogP contribution is -2.04. The Balaban J connectivity index is 2.09. The summed E-state index contributed by atoms with van der Waals surface area (Å²) in [5.41, 5.74) is 3.02. The van der Waals surface area contributed by atoms with Gasteiger partial charge in [-0.25, -0.2) is 17.2 Å². The van der Waals surface area contributed by atoms with Crippen molar-refractivity contribution in [2.45, 2.75) is 18.2 Å². The average Bonchev–Trinajstić information content (AvgIpc) is 3.00. The number of hydrogen-bond donors (Lipinski definition) is 0. The molecule has 0 aromatic heterocycles. The molecule has 0 spiro atoms. The summed E-state index contributed by atoms with van der Waals surface area (Å²) in [6, 6.07) is 7.18. The van der Waals surface area contributed by atoms with Gasteiger partial charge >= 0.3 is 0 Å². The van der Waals surface area contributed by atoms with Crippen molar-refractivity contribution < 1.29 is 17.2 Å². The molecule has 0 bridgehead atoms. The zero-order valence-electron chi connectivity index (χ0n) is 13.6. The molecule has 25 heavy (non-hydrogen) atoms. The summed E-state index contributed by atoms with van der Waals surface area (Å²) >= 11 is 6.17. The van der Waals surface area contributed by atoms with Crippen LogP contribution in [0.15, 0.2) is 47.4 Å². The van der Waals surface area contributed by atoms with Crippen LogP contribution in [0.5, 0.6) is 0 Å². The first-order valence-electron chi connectivity index (χ1n) is 7.55. The van der Waals surface area contributed by atoms with E-state index in [2.05, 4.69) is 0 Å². The Bertz CT molecular complexity index is 1040. The van der Waals surface area contributed by atoms with Crippen molar-refractivity contribution in [2.24, 2.45) is 0 Å². The summed E-state index contributed by atoms with van der Waals surface area (Å²) in [6.07, 6.45) is 5.10. The summed E-state index contributed by atoms with van der Waals surface area (Å²) in [5, 5.41) is 0.587. The maximum Gasteiger partial charge on any atom is 0.178 e. The van der Waals surface area contributed by atoms with E-state index in [0.717, 1.165) is 35.1 Å². The fraction of sp³-hybridized carbons (Fsp3) is 0.158. The molecule has 0 radical (unpaired) electrons. The molecule has 0 aliphatic heterocycles. The van der Waals surface area contributed by atoms with Crippen molar-refractivity contribution in [2.75, 3.05) is 6.26 Å². The van der Waals surface area contributed by atoms with E-state index in [1.165, 1.54) is 0 Å².